The topological polar surface area (TPSA) is 95.9 Å². The van der Waals surface area contributed by atoms with Gasteiger partial charge in [0.25, 0.3) is 0 Å². The van der Waals surface area contributed by atoms with E-state index in [1.54, 1.807) is 23.6 Å². The van der Waals surface area contributed by atoms with Gasteiger partial charge in [0, 0.05) is 25.4 Å². The molecule has 22 heavy (non-hydrogen) atoms. The van der Waals surface area contributed by atoms with E-state index in [9.17, 15) is 14.4 Å². The Labute approximate surface area is 133 Å². The van der Waals surface area contributed by atoms with Crippen molar-refractivity contribution < 1.29 is 24.2 Å². The molecule has 0 aromatic rings. The molecular formula is C14H22N2O5S. The summed E-state index contributed by atoms with van der Waals surface area (Å²) in [5.74, 6) is -0.180. The Kier molecular flexibility index (Phi) is 5.69. The normalized spacial score (nSPS) is 24.0. The van der Waals surface area contributed by atoms with E-state index in [4.69, 9.17) is 9.84 Å². The summed E-state index contributed by atoms with van der Waals surface area (Å²) >= 11 is 1.54. The number of hydrogen-bond donors (Lipinski definition) is 2. The minimum absolute atomic E-state index is 0.0515. The van der Waals surface area contributed by atoms with Gasteiger partial charge in [-0.05, 0) is 12.8 Å². The molecule has 0 radical (unpaired) electrons. The van der Waals surface area contributed by atoms with E-state index in [0.717, 1.165) is 0 Å². The second-order valence-corrected chi connectivity index (χ2v) is 6.69. The van der Waals surface area contributed by atoms with Crippen molar-refractivity contribution in [2.24, 2.45) is 0 Å². The first kappa shape index (κ1) is 17.1. The largest absolute Gasteiger partial charge is 0.481 e. The fourth-order valence-corrected chi connectivity index (χ4v) is 4.03. The van der Waals surface area contributed by atoms with Gasteiger partial charge in [0.1, 0.15) is 6.04 Å². The van der Waals surface area contributed by atoms with Gasteiger partial charge in [0.15, 0.2) is 0 Å². The molecule has 0 aromatic carbocycles. The number of carboxylic acid groups (broad SMARTS) is 1. The van der Waals surface area contributed by atoms with Crippen LogP contribution in [0.2, 0.25) is 0 Å². The fraction of sp³-hybridized carbons (Fsp3) is 0.786. The van der Waals surface area contributed by atoms with E-state index in [1.165, 1.54) is 0 Å². The molecule has 0 saturated carbocycles. The number of rotatable bonds is 5. The Morgan fingerprint density at radius 2 is 2.05 bits per heavy atom. The molecule has 1 atom stereocenters. The van der Waals surface area contributed by atoms with Gasteiger partial charge in [-0.15, -0.1) is 11.8 Å². The van der Waals surface area contributed by atoms with Crippen molar-refractivity contribution in [3.8, 4) is 0 Å². The fourth-order valence-electron chi connectivity index (χ4n) is 2.85. The molecule has 2 heterocycles. The van der Waals surface area contributed by atoms with Gasteiger partial charge < -0.3 is 20.1 Å². The van der Waals surface area contributed by atoms with Gasteiger partial charge in [0.2, 0.25) is 11.8 Å². The average molecular weight is 330 g/mol. The van der Waals surface area contributed by atoms with E-state index in [1.807, 2.05) is 0 Å². The van der Waals surface area contributed by atoms with Crippen molar-refractivity contribution in [2.75, 3.05) is 24.8 Å². The van der Waals surface area contributed by atoms with Crippen LogP contribution in [0.15, 0.2) is 0 Å². The molecule has 2 saturated heterocycles. The van der Waals surface area contributed by atoms with Gasteiger partial charge in [-0.1, -0.05) is 6.92 Å². The minimum Gasteiger partial charge on any atom is -0.481 e. The van der Waals surface area contributed by atoms with Crippen LogP contribution < -0.4 is 5.32 Å². The number of aliphatic carboxylic acids is 1. The predicted molar refractivity (Wildman–Crippen MR) is 81.4 cm³/mol. The van der Waals surface area contributed by atoms with E-state index in [0.29, 0.717) is 44.1 Å². The Morgan fingerprint density at radius 3 is 2.64 bits per heavy atom. The summed E-state index contributed by atoms with van der Waals surface area (Å²) in [6.45, 7) is 2.64. The number of hydrogen-bond acceptors (Lipinski definition) is 5. The SMILES string of the molecule is CCC(=O)N1CSCC1C(=O)NC1(CC(=O)O)CCOCC1. The van der Waals surface area contributed by atoms with Gasteiger partial charge in [-0.3, -0.25) is 14.4 Å². The van der Waals surface area contributed by atoms with E-state index < -0.39 is 17.6 Å². The molecule has 2 amide bonds. The Balaban J connectivity index is 2.07. The van der Waals surface area contributed by atoms with E-state index >= 15 is 0 Å². The maximum absolute atomic E-state index is 12.6. The lowest BCUT2D eigenvalue weighted by atomic mass is 9.86. The Bertz CT molecular complexity index is 451. The molecular weight excluding hydrogens is 308 g/mol. The van der Waals surface area contributed by atoms with Crippen molar-refractivity contribution in [1.82, 2.24) is 10.2 Å². The maximum Gasteiger partial charge on any atom is 0.305 e. The quantitative estimate of drug-likeness (QED) is 0.759. The molecule has 0 aliphatic carbocycles. The van der Waals surface area contributed by atoms with Gasteiger partial charge in [-0.2, -0.15) is 0 Å². The molecule has 2 aliphatic rings. The first-order valence-electron chi connectivity index (χ1n) is 7.46. The number of carbonyl (C=O) groups excluding carboxylic acids is 2. The van der Waals surface area contributed by atoms with Crippen LogP contribution in [0.4, 0.5) is 0 Å². The lowest BCUT2D eigenvalue weighted by molar-refractivity contribution is -0.143. The van der Waals surface area contributed by atoms with Crippen LogP contribution >= 0.6 is 11.8 Å². The van der Waals surface area contributed by atoms with Crippen molar-refractivity contribution in [3.63, 3.8) is 0 Å². The van der Waals surface area contributed by atoms with Crippen LogP contribution in [0.3, 0.4) is 0 Å². The van der Waals surface area contributed by atoms with Gasteiger partial charge in [0.05, 0.1) is 17.8 Å². The monoisotopic (exact) mass is 330 g/mol. The molecule has 0 spiro atoms. The summed E-state index contributed by atoms with van der Waals surface area (Å²) in [5.41, 5.74) is -0.768. The number of carbonyl (C=O) groups is 3. The molecule has 124 valence electrons. The lowest BCUT2D eigenvalue weighted by Gasteiger charge is -2.38. The molecule has 2 rings (SSSR count). The lowest BCUT2D eigenvalue weighted by Crippen LogP contribution is -2.58. The molecule has 1 unspecified atom stereocenters. The molecule has 8 heteroatoms. The molecule has 0 aromatic heterocycles. The van der Waals surface area contributed by atoms with Crippen molar-refractivity contribution >= 4 is 29.5 Å². The molecule has 2 fully saturated rings. The molecule has 2 N–H and O–H groups in total. The third kappa shape index (κ3) is 3.92. The third-order valence-electron chi connectivity index (χ3n) is 4.14. The summed E-state index contributed by atoms with van der Waals surface area (Å²) in [5, 5.41) is 12.0. The van der Waals surface area contributed by atoms with Crippen molar-refractivity contribution in [3.05, 3.63) is 0 Å². The van der Waals surface area contributed by atoms with Crippen LogP contribution in [-0.4, -0.2) is 64.2 Å². The summed E-state index contributed by atoms with van der Waals surface area (Å²) in [4.78, 5) is 37.2. The summed E-state index contributed by atoms with van der Waals surface area (Å²) in [7, 11) is 0. The van der Waals surface area contributed by atoms with Crippen LogP contribution in [0.25, 0.3) is 0 Å². The van der Waals surface area contributed by atoms with Crippen molar-refractivity contribution in [2.45, 2.75) is 44.2 Å². The first-order chi connectivity index (χ1) is 10.5. The highest BCUT2D eigenvalue weighted by atomic mass is 32.2. The highest BCUT2D eigenvalue weighted by Gasteiger charge is 2.41. The first-order valence-corrected chi connectivity index (χ1v) is 8.62. The zero-order valence-corrected chi connectivity index (χ0v) is 13.5. The number of thioether (sulfide) groups is 1. The predicted octanol–water partition coefficient (Wildman–Crippen LogP) is 0.438. The van der Waals surface area contributed by atoms with Crippen molar-refractivity contribution in [1.29, 1.82) is 0 Å². The van der Waals surface area contributed by atoms with Crippen LogP contribution in [0.1, 0.15) is 32.6 Å². The maximum atomic E-state index is 12.6. The summed E-state index contributed by atoms with van der Waals surface area (Å²) in [6, 6.07) is -0.508. The third-order valence-corrected chi connectivity index (χ3v) is 5.15. The number of nitrogens with zero attached hydrogens (tertiary/aromatic N) is 1. The highest BCUT2D eigenvalue weighted by molar-refractivity contribution is 7.99. The average Bonchev–Trinajstić information content (AvgIpc) is 2.96. The molecule has 0 bridgehead atoms. The molecule has 2 aliphatic heterocycles. The number of ether oxygens (including phenoxy) is 1. The van der Waals surface area contributed by atoms with E-state index in [2.05, 4.69) is 5.32 Å². The number of nitrogens with one attached hydrogen (secondary N) is 1. The second kappa shape index (κ2) is 7.32. The van der Waals surface area contributed by atoms with E-state index in [-0.39, 0.29) is 18.2 Å². The van der Waals surface area contributed by atoms with Gasteiger partial charge >= 0.3 is 5.97 Å². The number of amides is 2. The van der Waals surface area contributed by atoms with Crippen LogP contribution in [0, 0.1) is 0 Å². The zero-order chi connectivity index (χ0) is 16.2. The summed E-state index contributed by atoms with van der Waals surface area (Å²) in [6.07, 6.45) is 1.20. The Hall–Kier alpha value is -1.28. The standard InChI is InChI=1S/C14H22N2O5S/c1-2-11(17)16-9-22-8-10(16)13(20)15-14(7-12(18)19)3-5-21-6-4-14/h10H,2-9H2,1H3,(H,15,20)(H,18,19). The second-order valence-electron chi connectivity index (χ2n) is 5.69. The van der Waals surface area contributed by atoms with Gasteiger partial charge in [-0.25, -0.2) is 0 Å². The van der Waals surface area contributed by atoms with Crippen LogP contribution in [-0.2, 0) is 19.1 Å². The Morgan fingerprint density at radius 1 is 1.36 bits per heavy atom. The number of carboxylic acids is 1. The molecule has 7 nitrogen and oxygen atoms in total. The highest BCUT2D eigenvalue weighted by Crippen LogP contribution is 2.27. The smallest absolute Gasteiger partial charge is 0.305 e. The zero-order valence-electron chi connectivity index (χ0n) is 12.7. The summed E-state index contributed by atoms with van der Waals surface area (Å²) < 4.78 is 5.28. The van der Waals surface area contributed by atoms with Crippen LogP contribution in [0.5, 0.6) is 0 Å². The minimum atomic E-state index is -0.940.